The molecule has 1 N–H and O–H groups in total. The maximum Gasteiger partial charge on any atom is 0.262 e. The number of hydrogen-bond acceptors (Lipinski definition) is 7. The second-order valence-electron chi connectivity index (χ2n) is 8.94. The van der Waals surface area contributed by atoms with Crippen LogP contribution in [0.25, 0.3) is 10.6 Å². The third-order valence-corrected chi connectivity index (χ3v) is 8.31. The first kappa shape index (κ1) is 23.3. The van der Waals surface area contributed by atoms with Gasteiger partial charge in [-0.05, 0) is 37.0 Å². The fourth-order valence-corrected chi connectivity index (χ4v) is 6.40. The molecule has 0 radical (unpaired) electrons. The summed E-state index contributed by atoms with van der Waals surface area (Å²) >= 11 is 7.34. The summed E-state index contributed by atoms with van der Waals surface area (Å²) in [6.45, 7) is 0.118. The van der Waals surface area contributed by atoms with Crippen molar-refractivity contribution in [3.05, 3.63) is 35.1 Å². The fraction of sp³-hybridized carbons (Fsp3) is 0.522. The highest BCUT2D eigenvalue weighted by Gasteiger charge is 2.53. The quantitative estimate of drug-likeness (QED) is 0.626. The third kappa shape index (κ3) is 4.34. The number of ether oxygens (including phenoxy) is 1. The summed E-state index contributed by atoms with van der Waals surface area (Å²) in [5.74, 6) is -1.68. The molecule has 5 rings (SSSR count). The molecule has 0 spiro atoms. The minimum absolute atomic E-state index is 0.0670. The Hall–Kier alpha value is -2.43. The molecular formula is C23H24ClFN4O4S. The first-order valence-electron chi connectivity index (χ1n) is 11.4. The number of thiophene rings is 1. The van der Waals surface area contributed by atoms with E-state index in [-0.39, 0.29) is 40.5 Å². The van der Waals surface area contributed by atoms with E-state index >= 15 is 0 Å². The van der Waals surface area contributed by atoms with Crippen LogP contribution in [0.3, 0.4) is 0 Å². The van der Waals surface area contributed by atoms with Crippen LogP contribution in [0.4, 0.5) is 4.39 Å². The van der Waals surface area contributed by atoms with Crippen LogP contribution in [0.1, 0.15) is 41.8 Å². The molecule has 11 heteroatoms. The average Bonchev–Trinajstić information content (AvgIpc) is 3.53. The van der Waals surface area contributed by atoms with Gasteiger partial charge in [-0.1, -0.05) is 19.3 Å². The first-order chi connectivity index (χ1) is 16.4. The van der Waals surface area contributed by atoms with Gasteiger partial charge >= 0.3 is 0 Å². The number of carbonyl (C=O) groups excluding carboxylic acids is 3. The second-order valence-corrected chi connectivity index (χ2v) is 10.6. The molecule has 2 amide bonds. The van der Waals surface area contributed by atoms with Crippen molar-refractivity contribution in [2.24, 2.45) is 5.92 Å². The standard InChI is InChI=1S/C23H24ClFN4O4S/c24-13-10-29(19-16(30)11-33-20(13)19)23(32)18(12-5-2-1-3-6-12)27-22(31)17-9-14(25)21(34-17)15-7-4-8-26-28-15/h4,7-9,12-13,18-20H,1-3,5-6,10-11H2,(H,27,31)/t13-,18-,19+,20+/m0/s1. The number of hydrogen-bond donors (Lipinski definition) is 1. The van der Waals surface area contributed by atoms with Crippen LogP contribution in [-0.2, 0) is 14.3 Å². The maximum absolute atomic E-state index is 14.6. The largest absolute Gasteiger partial charge is 0.366 e. The number of amides is 2. The van der Waals surface area contributed by atoms with Crippen LogP contribution in [0.15, 0.2) is 24.4 Å². The van der Waals surface area contributed by atoms with Gasteiger partial charge in [-0.3, -0.25) is 14.4 Å². The van der Waals surface area contributed by atoms with Gasteiger partial charge in [0.05, 0.1) is 15.1 Å². The molecule has 1 saturated carbocycles. The molecule has 2 aromatic heterocycles. The zero-order valence-electron chi connectivity index (χ0n) is 18.3. The summed E-state index contributed by atoms with van der Waals surface area (Å²) in [6.07, 6.45) is 5.53. The molecule has 0 bridgehead atoms. The lowest BCUT2D eigenvalue weighted by Crippen LogP contribution is -2.55. The highest BCUT2D eigenvalue weighted by atomic mass is 35.5. The van der Waals surface area contributed by atoms with Crippen molar-refractivity contribution in [2.75, 3.05) is 13.2 Å². The summed E-state index contributed by atoms with van der Waals surface area (Å²) < 4.78 is 20.1. The second kappa shape index (κ2) is 9.67. The number of carbonyl (C=O) groups is 3. The number of likely N-dealkylation sites (tertiary alicyclic amines) is 1. The number of halogens is 2. The van der Waals surface area contributed by atoms with Crippen LogP contribution < -0.4 is 5.32 Å². The van der Waals surface area contributed by atoms with Gasteiger partial charge in [0.15, 0.2) is 5.78 Å². The Morgan fingerprint density at radius 2 is 2.09 bits per heavy atom. The van der Waals surface area contributed by atoms with Gasteiger partial charge in [0.1, 0.15) is 36.3 Å². The van der Waals surface area contributed by atoms with E-state index in [4.69, 9.17) is 16.3 Å². The molecule has 2 saturated heterocycles. The van der Waals surface area contributed by atoms with Crippen molar-refractivity contribution in [1.29, 1.82) is 0 Å². The van der Waals surface area contributed by atoms with Crippen molar-refractivity contribution in [3.63, 3.8) is 0 Å². The Bertz CT molecular complexity index is 1090. The lowest BCUT2D eigenvalue weighted by atomic mass is 9.83. The predicted octanol–water partition coefficient (Wildman–Crippen LogP) is 2.81. The number of alkyl halides is 1. The van der Waals surface area contributed by atoms with Crippen molar-refractivity contribution in [3.8, 4) is 10.6 Å². The zero-order valence-corrected chi connectivity index (χ0v) is 19.9. The lowest BCUT2D eigenvalue weighted by molar-refractivity contribution is -0.139. The molecule has 180 valence electrons. The molecular weight excluding hydrogens is 483 g/mol. The molecule has 3 fully saturated rings. The van der Waals surface area contributed by atoms with E-state index in [9.17, 15) is 18.8 Å². The van der Waals surface area contributed by atoms with Gasteiger partial charge in [0, 0.05) is 12.7 Å². The van der Waals surface area contributed by atoms with Gasteiger partial charge in [0.25, 0.3) is 5.91 Å². The van der Waals surface area contributed by atoms with Crippen LogP contribution in [0.2, 0.25) is 0 Å². The smallest absolute Gasteiger partial charge is 0.262 e. The number of nitrogens with one attached hydrogen (secondary N) is 1. The van der Waals surface area contributed by atoms with Gasteiger partial charge in [-0.2, -0.15) is 5.10 Å². The predicted molar refractivity (Wildman–Crippen MR) is 123 cm³/mol. The van der Waals surface area contributed by atoms with E-state index in [1.54, 1.807) is 12.1 Å². The number of nitrogens with zero attached hydrogens (tertiary/aromatic N) is 3. The molecule has 2 aliphatic heterocycles. The summed E-state index contributed by atoms with van der Waals surface area (Å²) in [7, 11) is 0. The number of Topliss-reactive ketones (excluding diaryl/α,β-unsaturated/α-hetero) is 1. The van der Waals surface area contributed by atoms with E-state index in [2.05, 4.69) is 15.5 Å². The van der Waals surface area contributed by atoms with E-state index in [0.29, 0.717) is 5.69 Å². The number of aromatic nitrogens is 2. The molecule has 0 unspecified atom stereocenters. The Morgan fingerprint density at radius 1 is 1.29 bits per heavy atom. The zero-order chi connectivity index (χ0) is 23.8. The molecule has 3 aliphatic rings. The number of ketones is 1. The fourth-order valence-electron chi connectivity index (χ4n) is 5.14. The summed E-state index contributed by atoms with van der Waals surface area (Å²) in [5, 5.41) is 10.1. The Balaban J connectivity index is 1.39. The number of fused-ring (bicyclic) bond motifs is 1. The highest BCUT2D eigenvalue weighted by Crippen LogP contribution is 2.35. The van der Waals surface area contributed by atoms with Gasteiger partial charge in [0.2, 0.25) is 5.91 Å². The van der Waals surface area contributed by atoms with Gasteiger partial charge in [-0.25, -0.2) is 4.39 Å². The van der Waals surface area contributed by atoms with Crippen molar-refractivity contribution in [1.82, 2.24) is 20.4 Å². The van der Waals surface area contributed by atoms with Crippen molar-refractivity contribution in [2.45, 2.75) is 55.7 Å². The van der Waals surface area contributed by atoms with E-state index in [1.165, 1.54) is 11.1 Å². The van der Waals surface area contributed by atoms with E-state index < -0.39 is 35.3 Å². The SMILES string of the molecule is O=C(N[C@H](C(=O)N1C[C@H](Cl)[C@H]2OCC(=O)[C@H]21)C1CCCCC1)c1cc(F)c(-c2cccnn2)s1. The minimum atomic E-state index is -0.825. The molecule has 2 aromatic rings. The topological polar surface area (TPSA) is 101 Å². The molecule has 8 nitrogen and oxygen atoms in total. The average molecular weight is 507 g/mol. The van der Waals surface area contributed by atoms with Crippen LogP contribution in [0, 0.1) is 11.7 Å². The highest BCUT2D eigenvalue weighted by molar-refractivity contribution is 7.17. The molecule has 4 atom stereocenters. The summed E-state index contributed by atoms with van der Waals surface area (Å²) in [5.41, 5.74) is 0.333. The van der Waals surface area contributed by atoms with Gasteiger partial charge < -0.3 is 15.0 Å². The summed E-state index contributed by atoms with van der Waals surface area (Å²) in [6, 6.07) is 2.86. The van der Waals surface area contributed by atoms with E-state index in [0.717, 1.165) is 49.5 Å². The van der Waals surface area contributed by atoms with Crippen LogP contribution in [-0.4, -0.2) is 69.4 Å². The first-order valence-corrected chi connectivity index (χ1v) is 12.7. The Morgan fingerprint density at radius 3 is 2.82 bits per heavy atom. The minimum Gasteiger partial charge on any atom is -0.366 e. The number of rotatable bonds is 5. The third-order valence-electron chi connectivity index (χ3n) is 6.79. The molecule has 0 aromatic carbocycles. The Kier molecular flexibility index (Phi) is 6.63. The molecule has 34 heavy (non-hydrogen) atoms. The normalized spacial score (nSPS) is 25.9. The maximum atomic E-state index is 14.6. The molecule has 4 heterocycles. The lowest BCUT2D eigenvalue weighted by Gasteiger charge is -2.34. The monoisotopic (exact) mass is 506 g/mol. The summed E-state index contributed by atoms with van der Waals surface area (Å²) in [4.78, 5) is 41.1. The van der Waals surface area contributed by atoms with Gasteiger partial charge in [-0.15, -0.1) is 28.0 Å². The van der Waals surface area contributed by atoms with Crippen LogP contribution >= 0.6 is 22.9 Å². The van der Waals surface area contributed by atoms with Crippen molar-refractivity contribution >= 4 is 40.5 Å². The van der Waals surface area contributed by atoms with E-state index in [1.807, 2.05) is 0 Å². The molecule has 1 aliphatic carbocycles. The Labute approximate surface area is 204 Å². The van der Waals surface area contributed by atoms with Crippen molar-refractivity contribution < 1.29 is 23.5 Å². The van der Waals surface area contributed by atoms with Crippen LogP contribution in [0.5, 0.6) is 0 Å².